The van der Waals surface area contributed by atoms with Crippen molar-refractivity contribution in [3.8, 4) is 33.8 Å². The second-order valence-electron chi connectivity index (χ2n) is 8.59. The van der Waals surface area contributed by atoms with E-state index in [4.69, 9.17) is 9.47 Å². The molecule has 0 radical (unpaired) electrons. The summed E-state index contributed by atoms with van der Waals surface area (Å²) >= 11 is 0. The van der Waals surface area contributed by atoms with E-state index in [0.29, 0.717) is 35.5 Å². The first-order valence-corrected chi connectivity index (χ1v) is 11.9. The molecule has 3 nitrogen and oxygen atoms in total. The summed E-state index contributed by atoms with van der Waals surface area (Å²) in [7, 11) is 0. The van der Waals surface area contributed by atoms with Crippen LogP contribution in [0.4, 0.5) is 13.2 Å². The van der Waals surface area contributed by atoms with E-state index in [-0.39, 0.29) is 23.5 Å². The first-order valence-electron chi connectivity index (χ1n) is 11.9. The number of hydrogen-bond donors (Lipinski definition) is 1. The molecule has 4 aromatic carbocycles. The van der Waals surface area contributed by atoms with Crippen LogP contribution in [-0.4, -0.2) is 11.7 Å². The number of halogens is 3. The van der Waals surface area contributed by atoms with Gasteiger partial charge < -0.3 is 14.6 Å². The standard InChI is InChI=1S/C31H27F3O3/c1-3-4-17-36-25-13-16-29(28(32)18-25)37-19-21-5-7-23(8-6-21)26-14-15-27(31(34)30(26)33)24-11-9-22(10-12-24)20(2)35/h3,5-16,18,20,35H,1,4,17,19H2,2H3. The fourth-order valence-electron chi connectivity index (χ4n) is 3.83. The fraction of sp³-hybridized carbons (Fsp3) is 0.161. The van der Waals surface area contributed by atoms with Gasteiger partial charge in [0.1, 0.15) is 12.4 Å². The molecule has 0 saturated heterocycles. The van der Waals surface area contributed by atoms with Crippen LogP contribution in [0.1, 0.15) is 30.6 Å². The number of hydrogen-bond acceptors (Lipinski definition) is 3. The van der Waals surface area contributed by atoms with Crippen molar-refractivity contribution in [3.63, 3.8) is 0 Å². The predicted molar refractivity (Wildman–Crippen MR) is 139 cm³/mol. The third-order valence-corrected chi connectivity index (χ3v) is 5.94. The van der Waals surface area contributed by atoms with Crippen LogP contribution in [0.5, 0.6) is 11.5 Å². The lowest BCUT2D eigenvalue weighted by Crippen LogP contribution is -2.00. The van der Waals surface area contributed by atoms with E-state index in [1.807, 2.05) is 0 Å². The summed E-state index contributed by atoms with van der Waals surface area (Å²) in [4.78, 5) is 0. The maximum absolute atomic E-state index is 15.0. The van der Waals surface area contributed by atoms with E-state index in [0.717, 1.165) is 5.56 Å². The Labute approximate surface area is 214 Å². The maximum atomic E-state index is 15.0. The number of aliphatic hydroxyl groups is 1. The summed E-state index contributed by atoms with van der Waals surface area (Å²) in [5, 5.41) is 9.65. The lowest BCUT2D eigenvalue weighted by Gasteiger charge is -2.12. The second kappa shape index (κ2) is 11.8. The van der Waals surface area contributed by atoms with Gasteiger partial charge in [-0.15, -0.1) is 6.58 Å². The summed E-state index contributed by atoms with van der Waals surface area (Å²) in [6.45, 7) is 5.77. The molecule has 0 aliphatic heterocycles. The van der Waals surface area contributed by atoms with Crippen molar-refractivity contribution in [3.05, 3.63) is 120 Å². The van der Waals surface area contributed by atoms with Crippen molar-refractivity contribution < 1.29 is 27.8 Å². The molecule has 4 rings (SSSR count). The van der Waals surface area contributed by atoms with Crippen LogP contribution in [0.15, 0.2) is 91.5 Å². The molecule has 1 atom stereocenters. The molecule has 190 valence electrons. The second-order valence-corrected chi connectivity index (χ2v) is 8.59. The van der Waals surface area contributed by atoms with Crippen LogP contribution in [0.25, 0.3) is 22.3 Å². The van der Waals surface area contributed by atoms with Crippen molar-refractivity contribution >= 4 is 0 Å². The minimum atomic E-state index is -0.946. The fourth-order valence-corrected chi connectivity index (χ4v) is 3.83. The Morgan fingerprint density at radius 3 is 1.95 bits per heavy atom. The average molecular weight is 505 g/mol. The molecule has 0 heterocycles. The SMILES string of the molecule is C=CCCOc1ccc(OCc2ccc(-c3ccc(-c4ccc(C(C)O)cc4)c(F)c3F)cc2)c(F)c1. The summed E-state index contributed by atoms with van der Waals surface area (Å²) < 4.78 is 55.3. The van der Waals surface area contributed by atoms with Crippen LogP contribution in [-0.2, 0) is 6.61 Å². The summed E-state index contributed by atoms with van der Waals surface area (Å²) in [5.41, 5.74) is 2.73. The molecule has 1 N–H and O–H groups in total. The summed E-state index contributed by atoms with van der Waals surface area (Å²) in [5.74, 6) is -1.93. The monoisotopic (exact) mass is 504 g/mol. The third-order valence-electron chi connectivity index (χ3n) is 5.94. The van der Waals surface area contributed by atoms with E-state index in [9.17, 15) is 18.3 Å². The molecule has 0 spiro atoms. The quantitative estimate of drug-likeness (QED) is 0.176. The zero-order valence-corrected chi connectivity index (χ0v) is 20.4. The largest absolute Gasteiger partial charge is 0.493 e. The van der Waals surface area contributed by atoms with Gasteiger partial charge in [-0.3, -0.25) is 0 Å². The third kappa shape index (κ3) is 6.22. The molecule has 37 heavy (non-hydrogen) atoms. The van der Waals surface area contributed by atoms with Crippen LogP contribution >= 0.6 is 0 Å². The zero-order valence-electron chi connectivity index (χ0n) is 20.4. The van der Waals surface area contributed by atoms with Gasteiger partial charge in [0, 0.05) is 17.2 Å². The van der Waals surface area contributed by atoms with E-state index in [1.54, 1.807) is 67.6 Å². The molecule has 0 aliphatic rings. The van der Waals surface area contributed by atoms with Gasteiger partial charge in [-0.1, -0.05) is 66.7 Å². The number of aliphatic hydroxyl groups excluding tert-OH is 1. The van der Waals surface area contributed by atoms with E-state index in [2.05, 4.69) is 6.58 Å². The Kier molecular flexibility index (Phi) is 8.31. The first kappa shape index (κ1) is 26.0. The topological polar surface area (TPSA) is 38.7 Å². The highest BCUT2D eigenvalue weighted by Crippen LogP contribution is 2.32. The van der Waals surface area contributed by atoms with Gasteiger partial charge in [0.05, 0.1) is 12.7 Å². The van der Waals surface area contributed by atoms with Gasteiger partial charge in [0.2, 0.25) is 0 Å². The Morgan fingerprint density at radius 2 is 1.41 bits per heavy atom. The van der Waals surface area contributed by atoms with E-state index < -0.39 is 23.6 Å². The number of ether oxygens (including phenoxy) is 2. The van der Waals surface area contributed by atoms with Crippen LogP contribution in [0.3, 0.4) is 0 Å². The molecule has 0 bridgehead atoms. The normalized spacial score (nSPS) is 11.7. The van der Waals surface area contributed by atoms with E-state index in [1.165, 1.54) is 24.3 Å². The highest BCUT2D eigenvalue weighted by Gasteiger charge is 2.16. The van der Waals surface area contributed by atoms with Gasteiger partial charge in [0.15, 0.2) is 23.2 Å². The van der Waals surface area contributed by atoms with Crippen LogP contribution < -0.4 is 9.47 Å². The molecule has 0 aliphatic carbocycles. The molecule has 1 unspecified atom stereocenters. The lowest BCUT2D eigenvalue weighted by molar-refractivity contribution is 0.199. The van der Waals surface area contributed by atoms with Crippen molar-refractivity contribution in [1.82, 2.24) is 0 Å². The van der Waals surface area contributed by atoms with Gasteiger partial charge in [0.25, 0.3) is 0 Å². The molecule has 6 heteroatoms. The van der Waals surface area contributed by atoms with E-state index >= 15 is 0 Å². The van der Waals surface area contributed by atoms with Gasteiger partial charge in [-0.05, 0) is 47.7 Å². The van der Waals surface area contributed by atoms with Crippen molar-refractivity contribution in [2.24, 2.45) is 0 Å². The van der Waals surface area contributed by atoms with Crippen LogP contribution in [0, 0.1) is 17.5 Å². The molecule has 0 fully saturated rings. The van der Waals surface area contributed by atoms with Crippen molar-refractivity contribution in [2.45, 2.75) is 26.1 Å². The summed E-state index contributed by atoms with van der Waals surface area (Å²) in [6.07, 6.45) is 1.74. The first-order chi connectivity index (χ1) is 17.9. The Balaban J connectivity index is 1.44. The average Bonchev–Trinajstić information content (AvgIpc) is 2.90. The summed E-state index contributed by atoms with van der Waals surface area (Å²) in [6, 6.07) is 20.9. The van der Waals surface area contributed by atoms with Crippen molar-refractivity contribution in [2.75, 3.05) is 6.61 Å². The molecule has 0 saturated carbocycles. The maximum Gasteiger partial charge on any atom is 0.168 e. The smallest absolute Gasteiger partial charge is 0.168 e. The van der Waals surface area contributed by atoms with Crippen LogP contribution in [0.2, 0.25) is 0 Å². The highest BCUT2D eigenvalue weighted by molar-refractivity contribution is 5.72. The Bertz CT molecular complexity index is 1360. The van der Waals surface area contributed by atoms with Gasteiger partial charge in [-0.25, -0.2) is 13.2 Å². The minimum Gasteiger partial charge on any atom is -0.493 e. The lowest BCUT2D eigenvalue weighted by atomic mass is 9.97. The highest BCUT2D eigenvalue weighted by atomic mass is 19.2. The molecular formula is C31H27F3O3. The van der Waals surface area contributed by atoms with Crippen molar-refractivity contribution in [1.29, 1.82) is 0 Å². The molecule has 4 aromatic rings. The predicted octanol–water partition coefficient (Wildman–Crippen LogP) is 8.03. The zero-order chi connectivity index (χ0) is 26.4. The number of benzene rings is 4. The van der Waals surface area contributed by atoms with Gasteiger partial charge >= 0.3 is 0 Å². The Hall–Kier alpha value is -4.03. The molecular weight excluding hydrogens is 477 g/mol. The molecule has 0 aromatic heterocycles. The molecule has 0 amide bonds. The Morgan fingerprint density at radius 1 is 0.811 bits per heavy atom. The van der Waals surface area contributed by atoms with Gasteiger partial charge in [-0.2, -0.15) is 0 Å². The minimum absolute atomic E-state index is 0.0883. The number of rotatable bonds is 10.